The SMILES string of the molecule is O=C(CNc1ccccc1C(=O)Nc1ccccc1)Nc1cccc(Cl)c1Cl. The smallest absolute Gasteiger partial charge is 0.257 e. The van der Waals surface area contributed by atoms with Crippen LogP contribution in [-0.2, 0) is 4.79 Å². The van der Waals surface area contributed by atoms with E-state index in [9.17, 15) is 9.59 Å². The van der Waals surface area contributed by atoms with Gasteiger partial charge in [0.2, 0.25) is 5.91 Å². The minimum atomic E-state index is -0.317. The summed E-state index contributed by atoms with van der Waals surface area (Å²) in [6, 6.07) is 21.1. The van der Waals surface area contributed by atoms with Crippen LogP contribution in [0.25, 0.3) is 0 Å². The highest BCUT2D eigenvalue weighted by Gasteiger charge is 2.13. The molecule has 0 aromatic heterocycles. The number of nitrogens with one attached hydrogen (secondary N) is 3. The van der Waals surface area contributed by atoms with Crippen molar-refractivity contribution in [2.24, 2.45) is 0 Å². The molecule has 0 radical (unpaired) electrons. The number of benzene rings is 3. The van der Waals surface area contributed by atoms with Gasteiger partial charge in [0.15, 0.2) is 0 Å². The van der Waals surface area contributed by atoms with Crippen molar-refractivity contribution in [1.82, 2.24) is 0 Å². The predicted octanol–water partition coefficient (Wildman–Crippen LogP) is 5.30. The highest BCUT2D eigenvalue weighted by atomic mass is 35.5. The van der Waals surface area contributed by atoms with E-state index < -0.39 is 0 Å². The Bertz CT molecular complexity index is 994. The summed E-state index contributed by atoms with van der Waals surface area (Å²) in [6.45, 7) is -0.0432. The summed E-state index contributed by atoms with van der Waals surface area (Å²) < 4.78 is 0. The Morgan fingerprint density at radius 3 is 2.21 bits per heavy atom. The molecule has 0 fully saturated rings. The third-order valence-corrected chi connectivity index (χ3v) is 4.69. The topological polar surface area (TPSA) is 70.2 Å². The Labute approximate surface area is 172 Å². The fourth-order valence-corrected chi connectivity index (χ4v) is 2.87. The van der Waals surface area contributed by atoms with E-state index in [1.165, 1.54) is 0 Å². The fourth-order valence-electron chi connectivity index (χ4n) is 2.53. The molecule has 3 N–H and O–H groups in total. The van der Waals surface area contributed by atoms with Gasteiger partial charge in [-0.1, -0.05) is 59.6 Å². The van der Waals surface area contributed by atoms with Gasteiger partial charge in [0.1, 0.15) is 0 Å². The van der Waals surface area contributed by atoms with Crippen LogP contribution in [0.3, 0.4) is 0 Å². The van der Waals surface area contributed by atoms with Gasteiger partial charge in [-0.25, -0.2) is 0 Å². The monoisotopic (exact) mass is 413 g/mol. The highest BCUT2D eigenvalue weighted by molar-refractivity contribution is 6.44. The molecule has 0 bridgehead atoms. The predicted molar refractivity (Wildman–Crippen MR) is 114 cm³/mol. The number of hydrogen-bond donors (Lipinski definition) is 3. The van der Waals surface area contributed by atoms with Crippen molar-refractivity contribution >= 4 is 52.1 Å². The average molecular weight is 414 g/mol. The number of carbonyl (C=O) groups excluding carboxylic acids is 2. The maximum absolute atomic E-state index is 12.6. The molecule has 0 heterocycles. The summed E-state index contributed by atoms with van der Waals surface area (Å²) in [7, 11) is 0. The van der Waals surface area contributed by atoms with Crippen LogP contribution < -0.4 is 16.0 Å². The molecule has 0 atom stereocenters. The molecular formula is C21H17Cl2N3O2. The van der Waals surface area contributed by atoms with Crippen LogP contribution in [0.2, 0.25) is 10.0 Å². The summed E-state index contributed by atoms with van der Waals surface area (Å²) in [6.07, 6.45) is 0. The molecule has 0 saturated heterocycles. The molecule has 3 aromatic carbocycles. The third kappa shape index (κ3) is 5.03. The number of carbonyl (C=O) groups is 2. The molecule has 0 aliphatic rings. The van der Waals surface area contributed by atoms with Gasteiger partial charge in [-0.2, -0.15) is 0 Å². The van der Waals surface area contributed by atoms with E-state index in [2.05, 4.69) is 16.0 Å². The maximum atomic E-state index is 12.6. The van der Waals surface area contributed by atoms with E-state index in [1.807, 2.05) is 18.2 Å². The second kappa shape index (κ2) is 9.26. The summed E-state index contributed by atoms with van der Waals surface area (Å²) in [5, 5.41) is 9.14. The summed E-state index contributed by atoms with van der Waals surface area (Å²) >= 11 is 12.0. The van der Waals surface area contributed by atoms with Crippen molar-refractivity contribution in [1.29, 1.82) is 0 Å². The zero-order valence-electron chi connectivity index (χ0n) is 14.7. The van der Waals surface area contributed by atoms with Gasteiger partial charge in [0.05, 0.1) is 27.8 Å². The first-order chi connectivity index (χ1) is 13.5. The summed E-state index contributed by atoms with van der Waals surface area (Å²) in [5.74, 6) is -0.588. The molecule has 0 aliphatic carbocycles. The van der Waals surface area contributed by atoms with E-state index in [-0.39, 0.29) is 23.4 Å². The lowest BCUT2D eigenvalue weighted by Crippen LogP contribution is -2.23. The van der Waals surface area contributed by atoms with Gasteiger partial charge in [-0.3, -0.25) is 9.59 Å². The van der Waals surface area contributed by atoms with E-state index in [0.29, 0.717) is 27.6 Å². The van der Waals surface area contributed by atoms with Crippen LogP contribution in [0.1, 0.15) is 10.4 Å². The first-order valence-corrected chi connectivity index (χ1v) is 9.23. The van der Waals surface area contributed by atoms with Gasteiger partial charge < -0.3 is 16.0 Å². The fraction of sp³-hybridized carbons (Fsp3) is 0.0476. The van der Waals surface area contributed by atoms with Crippen LogP contribution in [0.15, 0.2) is 72.8 Å². The van der Waals surface area contributed by atoms with Crippen LogP contribution in [0, 0.1) is 0 Å². The summed E-state index contributed by atoms with van der Waals surface area (Å²) in [4.78, 5) is 24.8. The van der Waals surface area contributed by atoms with Crippen LogP contribution in [0.4, 0.5) is 17.1 Å². The van der Waals surface area contributed by atoms with E-state index in [1.54, 1.807) is 54.6 Å². The molecule has 3 aromatic rings. The molecule has 7 heteroatoms. The Kier molecular flexibility index (Phi) is 6.53. The van der Waals surface area contributed by atoms with Crippen molar-refractivity contribution in [3.63, 3.8) is 0 Å². The van der Waals surface area contributed by atoms with Gasteiger partial charge >= 0.3 is 0 Å². The number of para-hydroxylation sites is 2. The van der Waals surface area contributed by atoms with E-state index in [4.69, 9.17) is 23.2 Å². The van der Waals surface area contributed by atoms with Crippen LogP contribution in [0.5, 0.6) is 0 Å². The molecule has 0 unspecified atom stereocenters. The largest absolute Gasteiger partial charge is 0.376 e. The van der Waals surface area contributed by atoms with Gasteiger partial charge in [0, 0.05) is 11.4 Å². The second-order valence-corrected chi connectivity index (χ2v) is 6.65. The Morgan fingerprint density at radius 2 is 1.43 bits per heavy atom. The van der Waals surface area contributed by atoms with Crippen molar-refractivity contribution < 1.29 is 9.59 Å². The zero-order chi connectivity index (χ0) is 19.9. The molecule has 0 saturated carbocycles. The number of halogens is 2. The number of anilines is 3. The van der Waals surface area contributed by atoms with Gasteiger partial charge in [-0.05, 0) is 36.4 Å². The number of rotatable bonds is 6. The first-order valence-electron chi connectivity index (χ1n) is 8.48. The average Bonchev–Trinajstić information content (AvgIpc) is 2.71. The Balaban J connectivity index is 1.65. The number of amides is 2. The molecule has 2 amide bonds. The van der Waals surface area contributed by atoms with Crippen molar-refractivity contribution in [3.8, 4) is 0 Å². The number of hydrogen-bond acceptors (Lipinski definition) is 3. The molecule has 3 rings (SSSR count). The van der Waals surface area contributed by atoms with E-state index >= 15 is 0 Å². The lowest BCUT2D eigenvalue weighted by atomic mass is 10.1. The second-order valence-electron chi connectivity index (χ2n) is 5.87. The Morgan fingerprint density at radius 1 is 0.750 bits per heavy atom. The van der Waals surface area contributed by atoms with Crippen molar-refractivity contribution in [3.05, 3.63) is 88.4 Å². The molecule has 0 spiro atoms. The lowest BCUT2D eigenvalue weighted by molar-refractivity contribution is -0.114. The van der Waals surface area contributed by atoms with Crippen LogP contribution >= 0.6 is 23.2 Å². The lowest BCUT2D eigenvalue weighted by Gasteiger charge is -2.13. The first kappa shape index (κ1) is 19.7. The standard InChI is InChI=1S/C21H17Cl2N3O2/c22-16-10-6-12-18(20(16)23)26-19(27)13-24-17-11-5-4-9-15(17)21(28)25-14-7-2-1-3-8-14/h1-12,24H,13H2,(H,25,28)(H,26,27). The van der Waals surface area contributed by atoms with Crippen molar-refractivity contribution in [2.75, 3.05) is 22.5 Å². The molecular weight excluding hydrogens is 397 g/mol. The van der Waals surface area contributed by atoms with E-state index in [0.717, 1.165) is 0 Å². The molecule has 0 aliphatic heterocycles. The van der Waals surface area contributed by atoms with Crippen molar-refractivity contribution in [2.45, 2.75) is 0 Å². The van der Waals surface area contributed by atoms with Gasteiger partial charge in [0.25, 0.3) is 5.91 Å². The molecule has 28 heavy (non-hydrogen) atoms. The maximum Gasteiger partial charge on any atom is 0.257 e. The third-order valence-electron chi connectivity index (χ3n) is 3.87. The normalized spacial score (nSPS) is 10.2. The quantitative estimate of drug-likeness (QED) is 0.513. The zero-order valence-corrected chi connectivity index (χ0v) is 16.2. The summed E-state index contributed by atoms with van der Waals surface area (Å²) in [5.41, 5.74) is 2.09. The minimum absolute atomic E-state index is 0.0432. The van der Waals surface area contributed by atoms with Crippen LogP contribution in [-0.4, -0.2) is 18.4 Å². The highest BCUT2D eigenvalue weighted by Crippen LogP contribution is 2.29. The molecule has 142 valence electrons. The minimum Gasteiger partial charge on any atom is -0.376 e. The Hall–Kier alpha value is -3.02. The molecule has 5 nitrogen and oxygen atoms in total. The van der Waals surface area contributed by atoms with Gasteiger partial charge in [-0.15, -0.1) is 0 Å².